The zero-order chi connectivity index (χ0) is 10.9. The van der Waals surface area contributed by atoms with Gasteiger partial charge in [-0.15, -0.1) is 9.19 Å². The lowest BCUT2D eigenvalue weighted by molar-refractivity contribution is 0.552. The summed E-state index contributed by atoms with van der Waals surface area (Å²) >= 11 is 2.93. The first kappa shape index (κ1) is 11.4. The van der Waals surface area contributed by atoms with E-state index in [2.05, 4.69) is 30.7 Å². The monoisotopic (exact) mass is 283 g/mol. The van der Waals surface area contributed by atoms with Crippen molar-refractivity contribution in [1.29, 1.82) is 0 Å². The third kappa shape index (κ3) is 2.42. The van der Waals surface area contributed by atoms with Gasteiger partial charge < -0.3 is 5.73 Å². The highest BCUT2D eigenvalue weighted by Crippen LogP contribution is 2.10. The van der Waals surface area contributed by atoms with Crippen LogP contribution in [0.25, 0.3) is 0 Å². The minimum atomic E-state index is -3.70. The highest BCUT2D eigenvalue weighted by Gasteiger charge is 2.19. The Balaban J connectivity index is 3.10. The first-order chi connectivity index (χ1) is 6.33. The van der Waals surface area contributed by atoms with Crippen molar-refractivity contribution in [3.05, 3.63) is 4.73 Å². The number of nitrogen functional groups attached to an aromatic ring is 1. The number of halogens is 1. The molecule has 80 valence electrons. The van der Waals surface area contributed by atoms with E-state index < -0.39 is 10.2 Å². The molecule has 3 N–H and O–H groups in total. The van der Waals surface area contributed by atoms with E-state index in [0.29, 0.717) is 4.09 Å². The Kier molecular flexibility index (Phi) is 3.12. The van der Waals surface area contributed by atoms with Crippen LogP contribution in [0.3, 0.4) is 0 Å². The van der Waals surface area contributed by atoms with E-state index in [1.165, 1.54) is 0 Å². The molecular weight excluding hydrogens is 274 g/mol. The zero-order valence-corrected chi connectivity index (χ0v) is 10.0. The predicted octanol–water partition coefficient (Wildman–Crippen LogP) is -0.286. The maximum atomic E-state index is 11.5. The number of nitrogens with two attached hydrogens (primary N) is 1. The summed E-state index contributed by atoms with van der Waals surface area (Å²) in [5.74, 6) is -0.106. The topological polar surface area (TPSA) is 103 Å². The lowest BCUT2D eigenvalue weighted by Crippen LogP contribution is -2.35. The molecule has 0 aliphatic rings. The number of nitrogens with zero attached hydrogens (tertiary/aromatic N) is 3. The molecule has 0 atom stereocenters. The van der Waals surface area contributed by atoms with Gasteiger partial charge in [-0.2, -0.15) is 18.1 Å². The van der Waals surface area contributed by atoms with Gasteiger partial charge in [-0.25, -0.2) is 0 Å². The lowest BCUT2D eigenvalue weighted by Gasteiger charge is -2.08. The highest BCUT2D eigenvalue weighted by atomic mass is 79.9. The standard InChI is InChI=1S/C5H10BrN5O2S/c1-3(2)10-14(12,13)11-4(6)8-5(7)9-11/h3,10H,1-2H3,(H2,7,9). The summed E-state index contributed by atoms with van der Waals surface area (Å²) < 4.78 is 26.2. The Morgan fingerprint density at radius 3 is 2.50 bits per heavy atom. The van der Waals surface area contributed by atoms with E-state index in [4.69, 9.17) is 5.73 Å². The van der Waals surface area contributed by atoms with Crippen LogP contribution in [0.4, 0.5) is 5.95 Å². The third-order valence-electron chi connectivity index (χ3n) is 1.17. The molecule has 1 rings (SSSR count). The Morgan fingerprint density at radius 2 is 2.14 bits per heavy atom. The molecule has 0 amide bonds. The Hall–Kier alpha value is -0.670. The summed E-state index contributed by atoms with van der Waals surface area (Å²) in [4.78, 5) is 3.61. The molecule has 1 aromatic heterocycles. The Labute approximate surface area is 90.0 Å². The zero-order valence-electron chi connectivity index (χ0n) is 7.60. The van der Waals surface area contributed by atoms with Gasteiger partial charge in [-0.05, 0) is 29.8 Å². The summed E-state index contributed by atoms with van der Waals surface area (Å²) in [6.45, 7) is 3.40. The second-order valence-electron chi connectivity index (χ2n) is 2.86. The van der Waals surface area contributed by atoms with Crippen LogP contribution in [0.2, 0.25) is 0 Å². The van der Waals surface area contributed by atoms with Crippen molar-refractivity contribution >= 4 is 32.1 Å². The van der Waals surface area contributed by atoms with Crippen LogP contribution in [0.1, 0.15) is 13.8 Å². The van der Waals surface area contributed by atoms with Crippen LogP contribution in [0.15, 0.2) is 4.73 Å². The summed E-state index contributed by atoms with van der Waals surface area (Å²) in [5, 5.41) is 3.52. The number of anilines is 1. The molecule has 0 bridgehead atoms. The molecule has 7 nitrogen and oxygen atoms in total. The number of nitrogens with one attached hydrogen (secondary N) is 1. The average molecular weight is 284 g/mol. The molecule has 0 radical (unpaired) electrons. The Morgan fingerprint density at radius 1 is 1.57 bits per heavy atom. The SMILES string of the molecule is CC(C)NS(=O)(=O)n1nc(N)nc1Br. The van der Waals surface area contributed by atoms with Gasteiger partial charge in [0.25, 0.3) is 0 Å². The summed E-state index contributed by atoms with van der Waals surface area (Å²) in [7, 11) is -3.70. The van der Waals surface area contributed by atoms with Crippen LogP contribution in [-0.2, 0) is 10.2 Å². The molecule has 0 aliphatic carbocycles. The van der Waals surface area contributed by atoms with Gasteiger partial charge in [0, 0.05) is 6.04 Å². The molecule has 0 aliphatic heterocycles. The van der Waals surface area contributed by atoms with Crippen LogP contribution in [-0.4, -0.2) is 28.6 Å². The van der Waals surface area contributed by atoms with Crippen LogP contribution < -0.4 is 10.5 Å². The fraction of sp³-hybridized carbons (Fsp3) is 0.600. The maximum absolute atomic E-state index is 11.5. The van der Waals surface area contributed by atoms with Crippen LogP contribution in [0.5, 0.6) is 0 Å². The van der Waals surface area contributed by atoms with Gasteiger partial charge >= 0.3 is 10.2 Å². The van der Waals surface area contributed by atoms with Crippen molar-refractivity contribution in [3.8, 4) is 0 Å². The lowest BCUT2D eigenvalue weighted by atomic mass is 10.4. The van der Waals surface area contributed by atoms with Gasteiger partial charge in [0.1, 0.15) is 0 Å². The normalized spacial score (nSPS) is 12.3. The smallest absolute Gasteiger partial charge is 0.323 e. The highest BCUT2D eigenvalue weighted by molar-refractivity contribution is 9.10. The molecule has 0 unspecified atom stereocenters. The fourth-order valence-corrected chi connectivity index (χ4v) is 2.75. The second kappa shape index (κ2) is 3.83. The third-order valence-corrected chi connectivity index (χ3v) is 3.40. The van der Waals surface area contributed by atoms with Gasteiger partial charge in [0.15, 0.2) is 0 Å². The van der Waals surface area contributed by atoms with E-state index in [9.17, 15) is 8.42 Å². The largest absolute Gasteiger partial charge is 0.366 e. The fourth-order valence-electron chi connectivity index (χ4n) is 0.795. The summed E-state index contributed by atoms with van der Waals surface area (Å²) in [5.41, 5.74) is 5.24. The Bertz CT molecular complexity index is 425. The van der Waals surface area contributed by atoms with Gasteiger partial charge in [-0.1, -0.05) is 0 Å². The van der Waals surface area contributed by atoms with Crippen molar-refractivity contribution in [3.63, 3.8) is 0 Å². The first-order valence-corrected chi connectivity index (χ1v) is 5.97. The van der Waals surface area contributed by atoms with Crippen LogP contribution >= 0.6 is 15.9 Å². The van der Waals surface area contributed by atoms with Crippen LogP contribution in [0, 0.1) is 0 Å². The molecule has 14 heavy (non-hydrogen) atoms. The summed E-state index contributed by atoms with van der Waals surface area (Å²) in [6, 6.07) is -0.225. The summed E-state index contributed by atoms with van der Waals surface area (Å²) in [6.07, 6.45) is 0. The molecule has 0 aromatic carbocycles. The second-order valence-corrected chi connectivity index (χ2v) is 5.10. The molecule has 0 fully saturated rings. The molecule has 0 saturated heterocycles. The van der Waals surface area contributed by atoms with E-state index >= 15 is 0 Å². The molecule has 0 spiro atoms. The molecular formula is C5H10BrN5O2S. The van der Waals surface area contributed by atoms with E-state index in [1.54, 1.807) is 13.8 Å². The molecule has 1 heterocycles. The number of hydrogen-bond donors (Lipinski definition) is 2. The van der Waals surface area contributed by atoms with E-state index in [-0.39, 0.29) is 16.7 Å². The van der Waals surface area contributed by atoms with Crippen molar-refractivity contribution in [2.75, 3.05) is 5.73 Å². The van der Waals surface area contributed by atoms with Crippen molar-refractivity contribution < 1.29 is 8.42 Å². The molecule has 1 aromatic rings. The minimum absolute atomic E-state index is 0.0446. The number of aromatic nitrogens is 3. The maximum Gasteiger partial charge on any atom is 0.323 e. The number of rotatable bonds is 3. The quantitative estimate of drug-likeness (QED) is 0.794. The average Bonchev–Trinajstić information content (AvgIpc) is 2.27. The van der Waals surface area contributed by atoms with Gasteiger partial charge in [0.05, 0.1) is 0 Å². The molecule has 0 saturated carbocycles. The number of hydrogen-bond acceptors (Lipinski definition) is 5. The van der Waals surface area contributed by atoms with E-state index in [1.807, 2.05) is 0 Å². The minimum Gasteiger partial charge on any atom is -0.366 e. The van der Waals surface area contributed by atoms with Gasteiger partial charge in [-0.3, -0.25) is 0 Å². The van der Waals surface area contributed by atoms with E-state index in [0.717, 1.165) is 0 Å². The predicted molar refractivity (Wildman–Crippen MR) is 54.7 cm³/mol. The molecule has 9 heteroatoms. The van der Waals surface area contributed by atoms with Crippen molar-refractivity contribution in [2.45, 2.75) is 19.9 Å². The van der Waals surface area contributed by atoms with Crippen molar-refractivity contribution in [2.24, 2.45) is 0 Å². The van der Waals surface area contributed by atoms with Gasteiger partial charge in [0.2, 0.25) is 10.7 Å². The van der Waals surface area contributed by atoms with Crippen molar-refractivity contribution in [1.82, 2.24) is 18.9 Å². The first-order valence-electron chi connectivity index (χ1n) is 3.74.